The van der Waals surface area contributed by atoms with Gasteiger partial charge in [0.1, 0.15) is 5.78 Å². The van der Waals surface area contributed by atoms with Gasteiger partial charge in [0.15, 0.2) is 9.84 Å². The van der Waals surface area contributed by atoms with E-state index in [0.717, 1.165) is 5.56 Å². The van der Waals surface area contributed by atoms with Crippen molar-refractivity contribution in [2.24, 2.45) is 5.92 Å². The van der Waals surface area contributed by atoms with Crippen LogP contribution in [0, 0.1) is 5.92 Å². The molecule has 0 fully saturated rings. The summed E-state index contributed by atoms with van der Waals surface area (Å²) < 4.78 is 22.6. The lowest BCUT2D eigenvalue weighted by Crippen LogP contribution is -2.15. The van der Waals surface area contributed by atoms with Crippen molar-refractivity contribution in [3.05, 3.63) is 29.8 Å². The highest BCUT2D eigenvalue weighted by molar-refractivity contribution is 7.90. The molecule has 1 aromatic rings. The maximum atomic E-state index is 11.5. The third-order valence-electron chi connectivity index (χ3n) is 2.77. The summed E-state index contributed by atoms with van der Waals surface area (Å²) in [5.41, 5.74) is 0.875. The van der Waals surface area contributed by atoms with Gasteiger partial charge in [-0.05, 0) is 30.5 Å². The van der Waals surface area contributed by atoms with E-state index in [-0.39, 0.29) is 22.5 Å². The first-order valence-corrected chi connectivity index (χ1v) is 7.43. The third kappa shape index (κ3) is 3.40. The van der Waals surface area contributed by atoms with Crippen LogP contribution >= 0.6 is 0 Å². The molecule has 17 heavy (non-hydrogen) atoms. The highest BCUT2D eigenvalue weighted by Gasteiger charge is 2.20. The Morgan fingerprint density at radius 1 is 1.12 bits per heavy atom. The van der Waals surface area contributed by atoms with Gasteiger partial charge in [0, 0.05) is 12.2 Å². The number of benzene rings is 1. The van der Waals surface area contributed by atoms with E-state index >= 15 is 0 Å². The Bertz CT molecular complexity index is 498. The van der Waals surface area contributed by atoms with Gasteiger partial charge in [-0.2, -0.15) is 0 Å². The van der Waals surface area contributed by atoms with E-state index in [9.17, 15) is 13.2 Å². The van der Waals surface area contributed by atoms with Crippen molar-refractivity contribution in [2.75, 3.05) is 6.26 Å². The van der Waals surface area contributed by atoms with Crippen LogP contribution in [0.5, 0.6) is 0 Å². The van der Waals surface area contributed by atoms with Crippen molar-refractivity contribution in [1.82, 2.24) is 0 Å². The molecule has 4 heteroatoms. The quantitative estimate of drug-likeness (QED) is 0.829. The minimum absolute atomic E-state index is 0.104. The molecule has 0 aromatic heterocycles. The zero-order valence-electron chi connectivity index (χ0n) is 10.6. The first-order chi connectivity index (χ1) is 7.73. The van der Waals surface area contributed by atoms with Crippen LogP contribution in [0.3, 0.4) is 0 Å². The Kier molecular flexibility index (Phi) is 4.09. The number of sulfone groups is 1. The van der Waals surface area contributed by atoms with Crippen LogP contribution in [0.1, 0.15) is 32.3 Å². The van der Waals surface area contributed by atoms with Crippen LogP contribution in [0.15, 0.2) is 29.2 Å². The lowest BCUT2D eigenvalue weighted by Gasteiger charge is -2.18. The number of carbonyl (C=O) groups excluding carboxylic acids is 1. The maximum absolute atomic E-state index is 11.5. The summed E-state index contributed by atoms with van der Waals surface area (Å²) in [5, 5.41) is 0. The Labute approximate surface area is 103 Å². The average molecular weight is 254 g/mol. The van der Waals surface area contributed by atoms with Gasteiger partial charge in [-0.3, -0.25) is 4.79 Å². The van der Waals surface area contributed by atoms with Crippen molar-refractivity contribution < 1.29 is 13.2 Å². The second-order valence-corrected chi connectivity index (χ2v) is 6.69. The molecule has 3 nitrogen and oxygen atoms in total. The minimum Gasteiger partial charge on any atom is -0.299 e. The summed E-state index contributed by atoms with van der Waals surface area (Å²) in [5.74, 6) is 0.146. The van der Waals surface area contributed by atoms with Gasteiger partial charge in [-0.1, -0.05) is 26.0 Å². The predicted octanol–water partition coefficient (Wildman–Crippen LogP) is 2.42. The highest BCUT2D eigenvalue weighted by Crippen LogP contribution is 2.26. The molecule has 0 saturated heterocycles. The summed E-state index contributed by atoms with van der Waals surface area (Å²) in [4.78, 5) is 11.8. The Morgan fingerprint density at radius 2 is 1.59 bits per heavy atom. The van der Waals surface area contributed by atoms with E-state index in [1.165, 1.54) is 6.26 Å². The molecule has 0 spiro atoms. The normalized spacial score (nSPS) is 13.7. The molecule has 0 aliphatic carbocycles. The van der Waals surface area contributed by atoms with Crippen LogP contribution in [0.25, 0.3) is 0 Å². The maximum Gasteiger partial charge on any atom is 0.175 e. The van der Waals surface area contributed by atoms with Gasteiger partial charge in [-0.15, -0.1) is 0 Å². The van der Waals surface area contributed by atoms with Crippen LogP contribution in [0.4, 0.5) is 0 Å². The van der Waals surface area contributed by atoms with Crippen molar-refractivity contribution >= 4 is 15.6 Å². The third-order valence-corrected chi connectivity index (χ3v) is 3.90. The molecule has 0 radical (unpaired) electrons. The molecule has 1 unspecified atom stereocenters. The zero-order valence-corrected chi connectivity index (χ0v) is 11.4. The first-order valence-electron chi connectivity index (χ1n) is 5.54. The summed E-state index contributed by atoms with van der Waals surface area (Å²) in [7, 11) is -3.17. The molecule has 0 saturated carbocycles. The van der Waals surface area contributed by atoms with Gasteiger partial charge in [-0.25, -0.2) is 8.42 Å². The Balaban J connectivity index is 3.13. The number of carbonyl (C=O) groups is 1. The molecule has 0 heterocycles. The van der Waals surface area contributed by atoms with Crippen LogP contribution in [-0.4, -0.2) is 20.5 Å². The molecule has 0 N–H and O–H groups in total. The molecule has 94 valence electrons. The largest absolute Gasteiger partial charge is 0.299 e. The molecule has 0 bridgehead atoms. The molecule has 0 amide bonds. The van der Waals surface area contributed by atoms with Gasteiger partial charge >= 0.3 is 0 Å². The van der Waals surface area contributed by atoms with Crippen LogP contribution in [0.2, 0.25) is 0 Å². The van der Waals surface area contributed by atoms with Gasteiger partial charge < -0.3 is 0 Å². The zero-order chi connectivity index (χ0) is 13.2. The summed E-state index contributed by atoms with van der Waals surface area (Å²) in [6.07, 6.45) is 1.17. The molecule has 1 rings (SSSR count). The highest BCUT2D eigenvalue weighted by atomic mass is 32.2. The van der Waals surface area contributed by atoms with Gasteiger partial charge in [0.05, 0.1) is 4.90 Å². The van der Waals surface area contributed by atoms with E-state index in [2.05, 4.69) is 0 Å². The molecule has 0 aliphatic heterocycles. The lowest BCUT2D eigenvalue weighted by atomic mass is 9.86. The summed E-state index contributed by atoms with van der Waals surface area (Å²) >= 11 is 0. The van der Waals surface area contributed by atoms with Crippen molar-refractivity contribution in [3.8, 4) is 0 Å². The van der Waals surface area contributed by atoms with E-state index in [0.29, 0.717) is 0 Å². The second-order valence-electron chi connectivity index (χ2n) is 4.67. The number of hydrogen-bond donors (Lipinski definition) is 0. The smallest absolute Gasteiger partial charge is 0.175 e. The van der Waals surface area contributed by atoms with Crippen molar-refractivity contribution in [2.45, 2.75) is 31.6 Å². The van der Waals surface area contributed by atoms with Gasteiger partial charge in [0.2, 0.25) is 0 Å². The average Bonchev–Trinajstić information content (AvgIpc) is 2.15. The number of rotatable bonds is 4. The molecule has 0 aliphatic rings. The monoisotopic (exact) mass is 254 g/mol. The van der Waals surface area contributed by atoms with E-state index in [1.807, 2.05) is 13.8 Å². The second kappa shape index (κ2) is 5.00. The first kappa shape index (κ1) is 13.9. The van der Waals surface area contributed by atoms with E-state index < -0.39 is 9.84 Å². The van der Waals surface area contributed by atoms with E-state index in [4.69, 9.17) is 0 Å². The Hall–Kier alpha value is -1.16. The summed E-state index contributed by atoms with van der Waals surface area (Å²) in [6.45, 7) is 5.53. The fourth-order valence-electron chi connectivity index (χ4n) is 2.01. The molecule has 1 atom stereocenters. The minimum atomic E-state index is -3.17. The fourth-order valence-corrected chi connectivity index (χ4v) is 2.64. The fraction of sp³-hybridized carbons (Fsp3) is 0.462. The number of Topliss-reactive ketones (excluding diaryl/α,β-unsaturated/α-hetero) is 1. The topological polar surface area (TPSA) is 51.2 Å². The number of ketones is 1. The SMILES string of the molecule is CC(=O)C(c1ccc(S(C)(=O)=O)cc1)C(C)C. The van der Waals surface area contributed by atoms with Crippen LogP contribution < -0.4 is 0 Å². The van der Waals surface area contributed by atoms with Crippen molar-refractivity contribution in [3.63, 3.8) is 0 Å². The molecular weight excluding hydrogens is 236 g/mol. The predicted molar refractivity (Wildman–Crippen MR) is 67.8 cm³/mol. The molecule has 1 aromatic carbocycles. The molecular formula is C13H18O3S. The Morgan fingerprint density at radius 3 is 1.88 bits per heavy atom. The van der Waals surface area contributed by atoms with Crippen molar-refractivity contribution in [1.29, 1.82) is 0 Å². The summed E-state index contributed by atoms with van der Waals surface area (Å²) in [6, 6.07) is 6.57. The number of hydrogen-bond acceptors (Lipinski definition) is 3. The standard InChI is InChI=1S/C13H18O3S/c1-9(2)13(10(3)14)11-5-7-12(8-6-11)17(4,15)16/h5-9,13H,1-4H3. The lowest BCUT2D eigenvalue weighted by molar-refractivity contribution is -0.119. The van der Waals surface area contributed by atoms with E-state index in [1.54, 1.807) is 31.2 Å². The van der Waals surface area contributed by atoms with Crippen LogP contribution in [-0.2, 0) is 14.6 Å². The van der Waals surface area contributed by atoms with Gasteiger partial charge in [0.25, 0.3) is 0 Å².